The van der Waals surface area contributed by atoms with Gasteiger partial charge < -0.3 is 0 Å². The molecule has 3 rings (SSSR count). The van der Waals surface area contributed by atoms with E-state index in [2.05, 4.69) is 46.5 Å². The molecule has 0 saturated heterocycles. The summed E-state index contributed by atoms with van der Waals surface area (Å²) >= 11 is 0. The van der Waals surface area contributed by atoms with Crippen molar-refractivity contribution < 1.29 is 4.39 Å². The van der Waals surface area contributed by atoms with Gasteiger partial charge in [0.25, 0.3) is 0 Å². The Morgan fingerprint density at radius 2 is 1.54 bits per heavy atom. The highest BCUT2D eigenvalue weighted by Gasteiger charge is 2.08. The van der Waals surface area contributed by atoms with Crippen LogP contribution in [0.2, 0.25) is 0 Å². The molecule has 0 N–H and O–H groups in total. The molecule has 0 saturated carbocycles. The molecule has 0 fully saturated rings. The first kappa shape index (κ1) is 16.9. The standard InChI is InChI=1S/C22H22FP/c1-2-3-7-17-10-11-19(15-21(17)23)18-12-13-22(24)20(14-18)16-8-5-4-6-9-16/h4-6,8-15H,2-3,7,24H2,1H3. The molecule has 1 unspecified atom stereocenters. The van der Waals surface area contributed by atoms with Gasteiger partial charge in [-0.25, -0.2) is 4.39 Å². The van der Waals surface area contributed by atoms with Crippen LogP contribution in [0.4, 0.5) is 4.39 Å². The van der Waals surface area contributed by atoms with E-state index in [9.17, 15) is 4.39 Å². The summed E-state index contributed by atoms with van der Waals surface area (Å²) in [7, 11) is 2.78. The predicted molar refractivity (Wildman–Crippen MR) is 105 cm³/mol. The summed E-state index contributed by atoms with van der Waals surface area (Å²) in [5.41, 5.74) is 5.11. The Labute approximate surface area is 146 Å². The van der Waals surface area contributed by atoms with Gasteiger partial charge >= 0.3 is 0 Å². The van der Waals surface area contributed by atoms with Gasteiger partial charge in [-0.15, -0.1) is 9.24 Å². The van der Waals surface area contributed by atoms with Gasteiger partial charge in [-0.05, 0) is 58.1 Å². The van der Waals surface area contributed by atoms with E-state index in [4.69, 9.17) is 0 Å². The highest BCUT2D eigenvalue weighted by atomic mass is 31.0. The van der Waals surface area contributed by atoms with Crippen molar-refractivity contribution in [1.82, 2.24) is 0 Å². The van der Waals surface area contributed by atoms with Crippen molar-refractivity contribution in [3.05, 3.63) is 78.1 Å². The maximum Gasteiger partial charge on any atom is 0.127 e. The third-order valence-corrected chi connectivity index (χ3v) is 4.83. The second-order valence-corrected chi connectivity index (χ2v) is 6.70. The number of benzene rings is 3. The number of unbranched alkanes of at least 4 members (excludes halogenated alkanes) is 1. The molecule has 0 heterocycles. The molecule has 24 heavy (non-hydrogen) atoms. The summed E-state index contributed by atoms with van der Waals surface area (Å²) in [4.78, 5) is 0. The van der Waals surface area contributed by atoms with E-state index in [0.717, 1.165) is 46.8 Å². The largest absolute Gasteiger partial charge is 0.207 e. The van der Waals surface area contributed by atoms with Gasteiger partial charge in [0, 0.05) is 0 Å². The maximum absolute atomic E-state index is 14.4. The van der Waals surface area contributed by atoms with Crippen LogP contribution in [0.3, 0.4) is 0 Å². The lowest BCUT2D eigenvalue weighted by molar-refractivity contribution is 0.603. The lowest BCUT2D eigenvalue weighted by atomic mass is 9.97. The SMILES string of the molecule is CCCCc1ccc(-c2ccc(P)c(-c3ccccc3)c2)cc1F. The van der Waals surface area contributed by atoms with Crippen molar-refractivity contribution in [3.8, 4) is 22.3 Å². The van der Waals surface area contributed by atoms with Gasteiger partial charge in [-0.2, -0.15) is 0 Å². The van der Waals surface area contributed by atoms with E-state index in [0.29, 0.717) is 0 Å². The molecule has 0 aliphatic heterocycles. The first-order valence-corrected chi connectivity index (χ1v) is 9.00. The van der Waals surface area contributed by atoms with Crippen LogP contribution in [0.25, 0.3) is 22.3 Å². The quantitative estimate of drug-likeness (QED) is 0.501. The maximum atomic E-state index is 14.4. The van der Waals surface area contributed by atoms with Gasteiger partial charge in [-0.1, -0.05) is 67.9 Å². The van der Waals surface area contributed by atoms with Gasteiger partial charge in [0.2, 0.25) is 0 Å². The Bertz CT molecular complexity index is 825. The molecule has 1 atom stereocenters. The van der Waals surface area contributed by atoms with Crippen molar-refractivity contribution in [2.24, 2.45) is 0 Å². The zero-order valence-electron chi connectivity index (χ0n) is 13.9. The lowest BCUT2D eigenvalue weighted by Crippen LogP contribution is -1.97. The number of aryl methyl sites for hydroxylation is 1. The van der Waals surface area contributed by atoms with Crippen LogP contribution in [-0.2, 0) is 6.42 Å². The van der Waals surface area contributed by atoms with Gasteiger partial charge in [0.1, 0.15) is 5.82 Å². The van der Waals surface area contributed by atoms with Crippen molar-refractivity contribution in [3.63, 3.8) is 0 Å². The topological polar surface area (TPSA) is 0 Å². The first-order chi connectivity index (χ1) is 11.7. The third-order valence-electron chi connectivity index (χ3n) is 4.32. The van der Waals surface area contributed by atoms with Crippen LogP contribution in [-0.4, -0.2) is 0 Å². The molecule has 0 radical (unpaired) electrons. The highest BCUT2D eigenvalue weighted by molar-refractivity contribution is 7.28. The molecular formula is C22H22FP. The number of hydrogen-bond acceptors (Lipinski definition) is 0. The van der Waals surface area contributed by atoms with Crippen LogP contribution >= 0.6 is 9.24 Å². The average molecular weight is 336 g/mol. The molecule has 3 aromatic rings. The Morgan fingerprint density at radius 1 is 0.833 bits per heavy atom. The summed E-state index contributed by atoms with van der Waals surface area (Å²) in [5, 5.41) is 1.14. The van der Waals surface area contributed by atoms with Crippen LogP contribution < -0.4 is 5.30 Å². The van der Waals surface area contributed by atoms with Crippen molar-refractivity contribution in [2.75, 3.05) is 0 Å². The normalized spacial score (nSPS) is 10.8. The fourth-order valence-electron chi connectivity index (χ4n) is 2.90. The molecule has 0 bridgehead atoms. The van der Waals surface area contributed by atoms with E-state index in [1.165, 1.54) is 5.56 Å². The second-order valence-electron chi connectivity index (χ2n) is 6.08. The monoisotopic (exact) mass is 336 g/mol. The Hall–Kier alpha value is -1.98. The molecule has 0 aliphatic rings. The fraction of sp³-hybridized carbons (Fsp3) is 0.182. The zero-order chi connectivity index (χ0) is 16.9. The van der Waals surface area contributed by atoms with Gasteiger partial charge in [-0.3, -0.25) is 0 Å². The molecule has 0 aromatic heterocycles. The van der Waals surface area contributed by atoms with E-state index < -0.39 is 0 Å². The minimum atomic E-state index is -0.0999. The molecule has 3 aromatic carbocycles. The van der Waals surface area contributed by atoms with E-state index in [-0.39, 0.29) is 5.82 Å². The van der Waals surface area contributed by atoms with Gasteiger partial charge in [0.05, 0.1) is 0 Å². The predicted octanol–water partition coefficient (Wildman–Crippen LogP) is 6.00. The number of rotatable bonds is 5. The molecule has 0 amide bonds. The molecule has 0 nitrogen and oxygen atoms in total. The molecule has 2 heteroatoms. The van der Waals surface area contributed by atoms with Crippen LogP contribution in [0, 0.1) is 5.82 Å². The smallest absolute Gasteiger partial charge is 0.127 e. The second kappa shape index (κ2) is 7.73. The molecule has 122 valence electrons. The summed E-state index contributed by atoms with van der Waals surface area (Å²) in [6.45, 7) is 2.13. The van der Waals surface area contributed by atoms with Gasteiger partial charge in [0.15, 0.2) is 0 Å². The third kappa shape index (κ3) is 3.74. The van der Waals surface area contributed by atoms with E-state index in [1.807, 2.05) is 30.3 Å². The van der Waals surface area contributed by atoms with Crippen molar-refractivity contribution in [2.45, 2.75) is 26.2 Å². The summed E-state index contributed by atoms with van der Waals surface area (Å²) in [6.07, 6.45) is 2.91. The van der Waals surface area contributed by atoms with Crippen molar-refractivity contribution >= 4 is 14.5 Å². The minimum Gasteiger partial charge on any atom is -0.207 e. The summed E-state index contributed by atoms with van der Waals surface area (Å²) in [5.74, 6) is -0.0999. The van der Waals surface area contributed by atoms with Crippen LogP contribution in [0.5, 0.6) is 0 Å². The van der Waals surface area contributed by atoms with Crippen molar-refractivity contribution in [1.29, 1.82) is 0 Å². The fourth-order valence-corrected chi connectivity index (χ4v) is 3.25. The van der Waals surface area contributed by atoms with Crippen LogP contribution in [0.1, 0.15) is 25.3 Å². The summed E-state index contributed by atoms with van der Waals surface area (Å²) < 4.78 is 14.4. The Kier molecular flexibility index (Phi) is 5.43. The van der Waals surface area contributed by atoms with E-state index >= 15 is 0 Å². The molecule has 0 spiro atoms. The number of halogens is 1. The Balaban J connectivity index is 1.97. The average Bonchev–Trinajstić information content (AvgIpc) is 2.62. The van der Waals surface area contributed by atoms with Crippen LogP contribution in [0.15, 0.2) is 66.7 Å². The first-order valence-electron chi connectivity index (χ1n) is 8.43. The summed E-state index contributed by atoms with van der Waals surface area (Å²) in [6, 6.07) is 22.2. The molecular weight excluding hydrogens is 314 g/mol. The zero-order valence-corrected chi connectivity index (χ0v) is 15.1. The van der Waals surface area contributed by atoms with E-state index in [1.54, 1.807) is 6.07 Å². The number of hydrogen-bond donors (Lipinski definition) is 0. The minimum absolute atomic E-state index is 0.0999. The highest BCUT2D eigenvalue weighted by Crippen LogP contribution is 2.27. The Morgan fingerprint density at radius 3 is 2.25 bits per heavy atom. The lowest BCUT2D eigenvalue weighted by Gasteiger charge is -2.11. The molecule has 0 aliphatic carbocycles.